The van der Waals surface area contributed by atoms with Crippen molar-refractivity contribution in [2.45, 2.75) is 57.7 Å². The van der Waals surface area contributed by atoms with E-state index in [9.17, 15) is 4.79 Å². The van der Waals surface area contributed by atoms with Gasteiger partial charge in [-0.15, -0.1) is 0 Å². The minimum atomic E-state index is -0.211. The number of pyridine rings is 1. The van der Waals surface area contributed by atoms with E-state index >= 15 is 0 Å². The second kappa shape index (κ2) is 8.30. The maximum Gasteiger partial charge on any atom is 0.251 e. The van der Waals surface area contributed by atoms with Crippen LogP contribution in [0.2, 0.25) is 5.02 Å². The van der Waals surface area contributed by atoms with E-state index in [1.54, 1.807) is 18.3 Å². The molecule has 0 aliphatic heterocycles. The molecule has 1 N–H and O–H groups in total. The molecule has 0 saturated heterocycles. The molecule has 3 heterocycles. The topological polar surface area (TPSA) is 94.8 Å². The van der Waals surface area contributed by atoms with Gasteiger partial charge >= 0.3 is 0 Å². The molecule has 3 aromatic heterocycles. The van der Waals surface area contributed by atoms with E-state index in [4.69, 9.17) is 21.3 Å². The largest absolute Gasteiger partial charge is 0.470 e. The number of halogens is 1. The molecule has 6 rings (SSSR count). The Labute approximate surface area is 207 Å². The SMILES string of the molecule is Cc1ccnc(Cn2c(-c3ccc(C(=O)NC4CC4)cc3Cl)nc3c(OC4(C)CC4)ncnc32)c1. The first kappa shape index (κ1) is 22.0. The van der Waals surface area contributed by atoms with Crippen LogP contribution in [0.5, 0.6) is 5.88 Å². The van der Waals surface area contributed by atoms with Crippen molar-refractivity contribution in [1.82, 2.24) is 29.8 Å². The van der Waals surface area contributed by atoms with Crippen LogP contribution in [0.25, 0.3) is 22.6 Å². The summed E-state index contributed by atoms with van der Waals surface area (Å²) in [5.74, 6) is 0.968. The molecule has 35 heavy (non-hydrogen) atoms. The average Bonchev–Trinajstić information content (AvgIpc) is 3.75. The Hall–Kier alpha value is -3.52. The van der Waals surface area contributed by atoms with Gasteiger partial charge in [0.05, 0.1) is 17.3 Å². The first-order valence-electron chi connectivity index (χ1n) is 11.8. The number of aromatic nitrogens is 5. The van der Waals surface area contributed by atoms with Crippen molar-refractivity contribution < 1.29 is 9.53 Å². The number of ether oxygens (including phenoxy) is 1. The maximum absolute atomic E-state index is 12.5. The Balaban J connectivity index is 1.46. The Kier molecular flexibility index (Phi) is 5.21. The molecule has 1 aromatic carbocycles. The molecule has 178 valence electrons. The fraction of sp³-hybridized carbons (Fsp3) is 0.346. The van der Waals surface area contributed by atoms with Crippen LogP contribution >= 0.6 is 11.6 Å². The van der Waals surface area contributed by atoms with Crippen molar-refractivity contribution in [3.05, 3.63) is 64.7 Å². The number of carbonyl (C=O) groups is 1. The summed E-state index contributed by atoms with van der Waals surface area (Å²) in [4.78, 5) is 30.9. The van der Waals surface area contributed by atoms with Gasteiger partial charge in [0, 0.05) is 23.4 Å². The van der Waals surface area contributed by atoms with E-state index < -0.39 is 0 Å². The Morgan fingerprint density at radius 3 is 2.74 bits per heavy atom. The number of amides is 1. The number of nitrogens with one attached hydrogen (secondary N) is 1. The minimum absolute atomic E-state index is 0.113. The molecule has 2 fully saturated rings. The molecule has 2 aliphatic carbocycles. The molecular weight excluding hydrogens is 464 g/mol. The predicted molar refractivity (Wildman–Crippen MR) is 133 cm³/mol. The first-order valence-corrected chi connectivity index (χ1v) is 12.2. The summed E-state index contributed by atoms with van der Waals surface area (Å²) in [6.45, 7) is 4.55. The van der Waals surface area contributed by atoms with Gasteiger partial charge in [-0.25, -0.2) is 9.97 Å². The summed E-state index contributed by atoms with van der Waals surface area (Å²) in [5, 5.41) is 3.44. The van der Waals surface area contributed by atoms with Crippen LogP contribution in [0, 0.1) is 6.92 Å². The standard InChI is InChI=1S/C26H25ClN6O2/c1-15-7-10-28-18(11-15)13-33-22(19-6-3-16(12-20(19)27)24(34)31-17-4-5-17)32-21-23(33)29-14-30-25(21)35-26(2)8-9-26/h3,6-7,10-12,14,17H,4-5,8-9,13H2,1-2H3,(H,31,34). The van der Waals surface area contributed by atoms with E-state index in [2.05, 4.69) is 27.2 Å². The van der Waals surface area contributed by atoms with Gasteiger partial charge in [-0.05, 0) is 75.4 Å². The third kappa shape index (κ3) is 4.46. The van der Waals surface area contributed by atoms with Gasteiger partial charge in [0.1, 0.15) is 17.8 Å². The molecule has 4 aromatic rings. The van der Waals surface area contributed by atoms with Crippen molar-refractivity contribution in [2.75, 3.05) is 0 Å². The lowest BCUT2D eigenvalue weighted by molar-refractivity contribution is 0.0951. The fourth-order valence-corrected chi connectivity index (χ4v) is 4.30. The second-order valence-electron chi connectivity index (χ2n) is 9.69. The Bertz CT molecular complexity index is 1460. The van der Waals surface area contributed by atoms with Crippen LogP contribution in [0.3, 0.4) is 0 Å². The van der Waals surface area contributed by atoms with Gasteiger partial charge in [0.2, 0.25) is 5.88 Å². The number of benzene rings is 1. The summed E-state index contributed by atoms with van der Waals surface area (Å²) in [6, 6.07) is 9.58. The maximum atomic E-state index is 12.5. The lowest BCUT2D eigenvalue weighted by Gasteiger charge is -2.12. The number of aryl methyl sites for hydroxylation is 1. The van der Waals surface area contributed by atoms with Gasteiger partial charge < -0.3 is 14.6 Å². The van der Waals surface area contributed by atoms with E-state index in [-0.39, 0.29) is 17.6 Å². The minimum Gasteiger partial charge on any atom is -0.470 e. The molecule has 0 radical (unpaired) electrons. The molecule has 0 bridgehead atoms. The van der Waals surface area contributed by atoms with Gasteiger partial charge in [-0.3, -0.25) is 9.78 Å². The lowest BCUT2D eigenvalue weighted by Crippen LogP contribution is -2.25. The van der Waals surface area contributed by atoms with E-state index in [1.165, 1.54) is 6.33 Å². The summed E-state index contributed by atoms with van der Waals surface area (Å²) >= 11 is 6.73. The quantitative estimate of drug-likeness (QED) is 0.404. The van der Waals surface area contributed by atoms with Crippen LogP contribution in [0.1, 0.15) is 54.2 Å². The number of nitrogens with zero attached hydrogens (tertiary/aromatic N) is 5. The van der Waals surface area contributed by atoms with Crippen molar-refractivity contribution in [1.29, 1.82) is 0 Å². The third-order valence-electron chi connectivity index (χ3n) is 6.47. The zero-order chi connectivity index (χ0) is 24.2. The van der Waals surface area contributed by atoms with E-state index in [0.717, 1.165) is 36.9 Å². The molecule has 2 aliphatic rings. The number of rotatable bonds is 7. The number of hydrogen-bond donors (Lipinski definition) is 1. The summed E-state index contributed by atoms with van der Waals surface area (Å²) < 4.78 is 8.17. The lowest BCUT2D eigenvalue weighted by atomic mass is 10.1. The first-order chi connectivity index (χ1) is 16.9. The Morgan fingerprint density at radius 1 is 1.20 bits per heavy atom. The summed E-state index contributed by atoms with van der Waals surface area (Å²) in [5.41, 5.74) is 4.22. The molecule has 0 spiro atoms. The normalized spacial score (nSPS) is 16.3. The zero-order valence-corrected chi connectivity index (χ0v) is 20.3. The van der Waals surface area contributed by atoms with Crippen LogP contribution in [-0.4, -0.2) is 42.1 Å². The van der Waals surface area contributed by atoms with Crippen LogP contribution < -0.4 is 10.1 Å². The van der Waals surface area contributed by atoms with Gasteiger partial charge in [-0.1, -0.05) is 11.6 Å². The average molecular weight is 489 g/mol. The fourth-order valence-electron chi connectivity index (χ4n) is 4.04. The van der Waals surface area contributed by atoms with Crippen molar-refractivity contribution in [3.63, 3.8) is 0 Å². The van der Waals surface area contributed by atoms with Crippen LogP contribution in [-0.2, 0) is 6.54 Å². The predicted octanol–water partition coefficient (Wildman–Crippen LogP) is 4.72. The van der Waals surface area contributed by atoms with Crippen molar-refractivity contribution in [2.24, 2.45) is 0 Å². The number of fused-ring (bicyclic) bond motifs is 1. The van der Waals surface area contributed by atoms with E-state index in [0.29, 0.717) is 45.6 Å². The molecule has 1 amide bonds. The van der Waals surface area contributed by atoms with Crippen LogP contribution in [0.15, 0.2) is 42.9 Å². The number of imidazole rings is 1. The molecule has 0 unspecified atom stereocenters. The molecule has 0 atom stereocenters. The van der Waals surface area contributed by atoms with Crippen molar-refractivity contribution in [3.8, 4) is 17.3 Å². The molecule has 8 nitrogen and oxygen atoms in total. The number of carbonyl (C=O) groups excluding carboxylic acids is 1. The molecule has 9 heteroatoms. The monoisotopic (exact) mass is 488 g/mol. The van der Waals surface area contributed by atoms with Gasteiger partial charge in [-0.2, -0.15) is 4.98 Å². The number of hydrogen-bond acceptors (Lipinski definition) is 6. The second-order valence-corrected chi connectivity index (χ2v) is 10.1. The van der Waals surface area contributed by atoms with Crippen LogP contribution in [0.4, 0.5) is 0 Å². The van der Waals surface area contributed by atoms with Crippen molar-refractivity contribution >= 4 is 28.7 Å². The highest BCUT2D eigenvalue weighted by atomic mass is 35.5. The highest BCUT2D eigenvalue weighted by Crippen LogP contribution is 2.41. The van der Waals surface area contributed by atoms with Gasteiger partial charge in [0.15, 0.2) is 11.2 Å². The molecule has 2 saturated carbocycles. The third-order valence-corrected chi connectivity index (χ3v) is 6.79. The zero-order valence-electron chi connectivity index (χ0n) is 19.6. The smallest absolute Gasteiger partial charge is 0.251 e. The summed E-state index contributed by atoms with van der Waals surface area (Å²) in [7, 11) is 0. The highest BCUT2D eigenvalue weighted by Gasteiger charge is 2.41. The summed E-state index contributed by atoms with van der Waals surface area (Å²) in [6.07, 6.45) is 7.31. The molecular formula is C26H25ClN6O2. The highest BCUT2D eigenvalue weighted by molar-refractivity contribution is 6.33. The van der Waals surface area contributed by atoms with E-state index in [1.807, 2.05) is 29.7 Å². The van der Waals surface area contributed by atoms with Gasteiger partial charge in [0.25, 0.3) is 5.91 Å². The Morgan fingerprint density at radius 2 is 2.03 bits per heavy atom.